The van der Waals surface area contributed by atoms with Gasteiger partial charge in [0.1, 0.15) is 6.54 Å². The van der Waals surface area contributed by atoms with E-state index in [4.69, 9.17) is 11.6 Å². The molecule has 3 atom stereocenters. The first kappa shape index (κ1) is 15.2. The number of hydrogen-bond acceptors (Lipinski definition) is 2. The molecule has 3 unspecified atom stereocenters. The third-order valence-corrected chi connectivity index (χ3v) is 4.50. The van der Waals surface area contributed by atoms with Crippen LogP contribution in [0.4, 0.5) is 5.69 Å². The molecule has 20 heavy (non-hydrogen) atoms. The van der Waals surface area contributed by atoms with Crippen molar-refractivity contribution in [2.45, 2.75) is 39.2 Å². The van der Waals surface area contributed by atoms with E-state index in [0.717, 1.165) is 24.4 Å². The molecule has 1 aliphatic rings. The van der Waals surface area contributed by atoms with Gasteiger partial charge in [-0.15, -0.1) is 0 Å². The van der Waals surface area contributed by atoms with Crippen LogP contribution < -0.4 is 4.90 Å². The Morgan fingerprint density at radius 2 is 1.95 bits per heavy atom. The highest BCUT2D eigenvalue weighted by atomic mass is 35.5. The van der Waals surface area contributed by atoms with Crippen LogP contribution in [0.5, 0.6) is 0 Å². The topological polar surface area (TPSA) is 40.5 Å². The van der Waals surface area contributed by atoms with Crippen LogP contribution in [0.15, 0.2) is 24.3 Å². The van der Waals surface area contributed by atoms with E-state index in [1.807, 2.05) is 29.2 Å². The van der Waals surface area contributed by atoms with Crippen LogP contribution >= 0.6 is 11.6 Å². The molecule has 1 aliphatic carbocycles. The number of carboxylic acid groups (broad SMARTS) is 1. The van der Waals surface area contributed by atoms with Crippen molar-refractivity contribution in [3.05, 3.63) is 29.3 Å². The van der Waals surface area contributed by atoms with Crippen molar-refractivity contribution in [2.24, 2.45) is 11.8 Å². The van der Waals surface area contributed by atoms with Crippen LogP contribution in [0.1, 0.15) is 33.1 Å². The number of nitrogens with zero attached hydrogens (tertiary/aromatic N) is 1. The Balaban J connectivity index is 2.23. The third kappa shape index (κ3) is 3.66. The van der Waals surface area contributed by atoms with Gasteiger partial charge in [0.15, 0.2) is 0 Å². The summed E-state index contributed by atoms with van der Waals surface area (Å²) in [6.07, 6.45) is 3.38. The fourth-order valence-corrected chi connectivity index (χ4v) is 3.42. The van der Waals surface area contributed by atoms with Gasteiger partial charge in [-0.05, 0) is 55.4 Å². The first-order chi connectivity index (χ1) is 9.47. The van der Waals surface area contributed by atoms with Crippen molar-refractivity contribution >= 4 is 23.3 Å². The summed E-state index contributed by atoms with van der Waals surface area (Å²) < 4.78 is 0. The van der Waals surface area contributed by atoms with E-state index in [0.29, 0.717) is 17.0 Å². The molecule has 0 heterocycles. The molecule has 1 aromatic carbocycles. The lowest BCUT2D eigenvalue weighted by atomic mass is 9.79. The fourth-order valence-electron chi connectivity index (χ4n) is 3.29. The van der Waals surface area contributed by atoms with Gasteiger partial charge in [-0.25, -0.2) is 0 Å². The fraction of sp³-hybridized carbons (Fsp3) is 0.562. The molecule has 4 heteroatoms. The summed E-state index contributed by atoms with van der Waals surface area (Å²) in [6.45, 7) is 4.55. The number of aliphatic carboxylic acids is 1. The molecular weight excluding hydrogens is 274 g/mol. The van der Waals surface area contributed by atoms with Crippen LogP contribution in [0.25, 0.3) is 0 Å². The highest BCUT2D eigenvalue weighted by molar-refractivity contribution is 6.30. The highest BCUT2D eigenvalue weighted by Gasteiger charge is 2.31. The standard InChI is InChI=1S/C16H22ClNO2/c1-11-3-8-15(12(2)9-11)18(10-16(19)20)14-6-4-13(17)5-7-14/h4-7,11-12,15H,3,8-10H2,1-2H3,(H,19,20). The van der Waals surface area contributed by atoms with E-state index in [-0.39, 0.29) is 6.54 Å². The monoisotopic (exact) mass is 295 g/mol. The van der Waals surface area contributed by atoms with Gasteiger partial charge in [0.25, 0.3) is 0 Å². The highest BCUT2D eigenvalue weighted by Crippen LogP contribution is 2.34. The van der Waals surface area contributed by atoms with Crippen LogP contribution in [0, 0.1) is 11.8 Å². The van der Waals surface area contributed by atoms with E-state index in [9.17, 15) is 9.90 Å². The predicted molar refractivity (Wildman–Crippen MR) is 82.4 cm³/mol. The molecule has 0 amide bonds. The molecule has 0 aliphatic heterocycles. The predicted octanol–water partition coefficient (Wildman–Crippen LogP) is 4.06. The zero-order valence-electron chi connectivity index (χ0n) is 12.1. The molecule has 0 spiro atoms. The number of halogens is 1. The van der Waals surface area contributed by atoms with E-state index in [1.165, 1.54) is 6.42 Å². The molecule has 1 saturated carbocycles. The van der Waals surface area contributed by atoms with Gasteiger partial charge in [-0.3, -0.25) is 4.79 Å². The minimum absolute atomic E-state index is 0.0466. The smallest absolute Gasteiger partial charge is 0.323 e. The molecular formula is C16H22ClNO2. The average molecular weight is 296 g/mol. The average Bonchev–Trinajstić information content (AvgIpc) is 2.37. The second-order valence-electron chi connectivity index (χ2n) is 5.96. The van der Waals surface area contributed by atoms with Crippen molar-refractivity contribution < 1.29 is 9.90 Å². The van der Waals surface area contributed by atoms with Crippen molar-refractivity contribution in [2.75, 3.05) is 11.4 Å². The van der Waals surface area contributed by atoms with E-state index in [1.54, 1.807) is 0 Å². The Bertz CT molecular complexity index is 460. The molecule has 0 radical (unpaired) electrons. The van der Waals surface area contributed by atoms with Gasteiger partial charge in [-0.2, -0.15) is 0 Å². The van der Waals surface area contributed by atoms with Gasteiger partial charge >= 0.3 is 5.97 Å². The summed E-state index contributed by atoms with van der Waals surface area (Å²) >= 11 is 5.92. The van der Waals surface area contributed by atoms with Gasteiger partial charge in [0, 0.05) is 16.8 Å². The van der Waals surface area contributed by atoms with Crippen LogP contribution in [0.3, 0.4) is 0 Å². The first-order valence-electron chi connectivity index (χ1n) is 7.21. The number of anilines is 1. The lowest BCUT2D eigenvalue weighted by Gasteiger charge is -2.41. The Kier molecular flexibility index (Phi) is 4.92. The van der Waals surface area contributed by atoms with Crippen molar-refractivity contribution in [1.29, 1.82) is 0 Å². The Morgan fingerprint density at radius 1 is 1.30 bits per heavy atom. The van der Waals surface area contributed by atoms with Gasteiger partial charge in [0.05, 0.1) is 0 Å². The summed E-state index contributed by atoms with van der Waals surface area (Å²) in [7, 11) is 0. The van der Waals surface area contributed by atoms with Gasteiger partial charge in [0.2, 0.25) is 0 Å². The molecule has 0 bridgehead atoms. The summed E-state index contributed by atoms with van der Waals surface area (Å²) in [5.41, 5.74) is 0.947. The van der Waals surface area contributed by atoms with Gasteiger partial charge < -0.3 is 10.0 Å². The van der Waals surface area contributed by atoms with Crippen molar-refractivity contribution in [1.82, 2.24) is 0 Å². The maximum atomic E-state index is 11.2. The molecule has 1 N–H and O–H groups in total. The summed E-state index contributed by atoms with van der Waals surface area (Å²) in [6, 6.07) is 7.76. The second kappa shape index (κ2) is 6.49. The first-order valence-corrected chi connectivity index (χ1v) is 7.59. The Hall–Kier alpha value is -1.22. The maximum Gasteiger partial charge on any atom is 0.323 e. The van der Waals surface area contributed by atoms with E-state index >= 15 is 0 Å². The Morgan fingerprint density at radius 3 is 2.50 bits per heavy atom. The summed E-state index contributed by atoms with van der Waals surface area (Å²) in [5.74, 6) is 0.456. The van der Waals surface area contributed by atoms with Gasteiger partial charge in [-0.1, -0.05) is 25.4 Å². The minimum atomic E-state index is -0.786. The SMILES string of the molecule is CC1CCC(N(CC(=O)O)c2ccc(Cl)cc2)C(C)C1. The van der Waals surface area contributed by atoms with E-state index < -0.39 is 5.97 Å². The molecule has 3 nitrogen and oxygen atoms in total. The van der Waals surface area contributed by atoms with Crippen molar-refractivity contribution in [3.8, 4) is 0 Å². The molecule has 2 rings (SSSR count). The lowest BCUT2D eigenvalue weighted by Crippen LogP contribution is -2.45. The summed E-state index contributed by atoms with van der Waals surface area (Å²) in [5, 5.41) is 9.88. The van der Waals surface area contributed by atoms with Crippen LogP contribution in [-0.2, 0) is 4.79 Å². The lowest BCUT2D eigenvalue weighted by molar-refractivity contribution is -0.135. The number of rotatable bonds is 4. The zero-order chi connectivity index (χ0) is 14.7. The number of carboxylic acids is 1. The second-order valence-corrected chi connectivity index (χ2v) is 6.40. The minimum Gasteiger partial charge on any atom is -0.480 e. The molecule has 0 aromatic heterocycles. The number of hydrogen-bond donors (Lipinski definition) is 1. The molecule has 110 valence electrons. The molecule has 1 aromatic rings. The Labute approximate surface area is 125 Å². The number of carbonyl (C=O) groups is 1. The molecule has 1 fully saturated rings. The quantitative estimate of drug-likeness (QED) is 0.911. The van der Waals surface area contributed by atoms with Crippen LogP contribution in [-0.4, -0.2) is 23.7 Å². The van der Waals surface area contributed by atoms with E-state index in [2.05, 4.69) is 13.8 Å². The van der Waals surface area contributed by atoms with Crippen molar-refractivity contribution in [3.63, 3.8) is 0 Å². The number of benzene rings is 1. The largest absolute Gasteiger partial charge is 0.480 e. The maximum absolute atomic E-state index is 11.2. The zero-order valence-corrected chi connectivity index (χ0v) is 12.8. The molecule has 0 saturated heterocycles. The normalized spacial score (nSPS) is 26.2. The van der Waals surface area contributed by atoms with Crippen LogP contribution in [0.2, 0.25) is 5.02 Å². The summed E-state index contributed by atoms with van der Waals surface area (Å²) in [4.78, 5) is 13.2. The third-order valence-electron chi connectivity index (χ3n) is 4.25.